The highest BCUT2D eigenvalue weighted by atomic mass is 79.9. The van der Waals surface area contributed by atoms with Gasteiger partial charge in [0.1, 0.15) is 0 Å². The molecule has 2 nitrogen and oxygen atoms in total. The molecule has 1 aromatic carbocycles. The van der Waals surface area contributed by atoms with Crippen LogP contribution in [0.5, 0.6) is 0 Å². The first-order chi connectivity index (χ1) is 9.10. The number of hydrogen-bond acceptors (Lipinski definition) is 2. The molecule has 4 heteroatoms. The first kappa shape index (κ1) is 15.1. The molecule has 0 spiro atoms. The number of rotatable bonds is 4. The van der Waals surface area contributed by atoms with Crippen molar-refractivity contribution in [2.24, 2.45) is 5.92 Å². The molecule has 106 valence electrons. The summed E-state index contributed by atoms with van der Waals surface area (Å²) in [6.45, 7) is 3.43. The Morgan fingerprint density at radius 2 is 2.00 bits per heavy atom. The lowest BCUT2D eigenvalue weighted by Crippen LogP contribution is -2.37. The maximum atomic E-state index is 6.39. The average Bonchev–Trinajstić information content (AvgIpc) is 2.39. The lowest BCUT2D eigenvalue weighted by atomic mass is 9.96. The molecule has 1 aliphatic rings. The van der Waals surface area contributed by atoms with E-state index in [1.165, 1.54) is 30.6 Å². The van der Waals surface area contributed by atoms with Gasteiger partial charge in [-0.25, -0.2) is 0 Å². The maximum Gasteiger partial charge on any atom is 0.0642 e. The van der Waals surface area contributed by atoms with E-state index in [1.54, 1.807) is 0 Å². The summed E-state index contributed by atoms with van der Waals surface area (Å²) < 4.78 is 0. The zero-order valence-corrected chi connectivity index (χ0v) is 14.0. The summed E-state index contributed by atoms with van der Waals surface area (Å²) >= 11 is 9.86. The van der Waals surface area contributed by atoms with Crippen LogP contribution >= 0.6 is 27.5 Å². The first-order valence-corrected chi connectivity index (χ1v) is 8.34. The third-order valence-electron chi connectivity index (χ3n) is 3.74. The van der Waals surface area contributed by atoms with E-state index in [-0.39, 0.29) is 0 Å². The SMILES string of the molecule is CN(C)CC1CCN(c2ccc(CBr)cc2Cl)CC1. The van der Waals surface area contributed by atoms with Crippen molar-refractivity contribution in [3.63, 3.8) is 0 Å². The molecular formula is C15H22BrClN2. The number of alkyl halides is 1. The number of anilines is 1. The summed E-state index contributed by atoms with van der Waals surface area (Å²) in [4.78, 5) is 4.71. The van der Waals surface area contributed by atoms with Crippen LogP contribution in [0.25, 0.3) is 0 Å². The van der Waals surface area contributed by atoms with Crippen LogP contribution in [0, 0.1) is 5.92 Å². The molecule has 0 amide bonds. The van der Waals surface area contributed by atoms with Crippen molar-refractivity contribution < 1.29 is 0 Å². The smallest absolute Gasteiger partial charge is 0.0642 e. The predicted octanol–water partition coefficient (Wildman–Crippen LogP) is 4.01. The lowest BCUT2D eigenvalue weighted by molar-refractivity contribution is 0.285. The van der Waals surface area contributed by atoms with Crippen LogP contribution in [-0.2, 0) is 5.33 Å². The van der Waals surface area contributed by atoms with Gasteiger partial charge in [-0.1, -0.05) is 33.6 Å². The van der Waals surface area contributed by atoms with Gasteiger partial charge in [-0.05, 0) is 50.6 Å². The van der Waals surface area contributed by atoms with Gasteiger partial charge in [0, 0.05) is 25.0 Å². The van der Waals surface area contributed by atoms with Crippen molar-refractivity contribution in [3.05, 3.63) is 28.8 Å². The highest BCUT2D eigenvalue weighted by molar-refractivity contribution is 9.08. The van der Waals surface area contributed by atoms with Gasteiger partial charge in [-0.3, -0.25) is 0 Å². The molecule has 2 rings (SSSR count). The standard InChI is InChI=1S/C15H22BrClN2/c1-18(2)11-12-5-7-19(8-6-12)15-4-3-13(10-16)9-14(15)17/h3-4,9,12H,5-8,10-11H2,1-2H3. The number of piperidine rings is 1. The second-order valence-corrected chi connectivity index (χ2v) is 6.58. The number of benzene rings is 1. The zero-order valence-electron chi connectivity index (χ0n) is 11.7. The lowest BCUT2D eigenvalue weighted by Gasteiger charge is -2.35. The largest absolute Gasteiger partial charge is 0.370 e. The minimum absolute atomic E-state index is 0.826. The molecule has 1 fully saturated rings. The molecule has 1 heterocycles. The Morgan fingerprint density at radius 1 is 1.32 bits per heavy atom. The van der Waals surface area contributed by atoms with Gasteiger partial charge in [0.15, 0.2) is 0 Å². The second-order valence-electron chi connectivity index (χ2n) is 5.61. The minimum atomic E-state index is 0.826. The van der Waals surface area contributed by atoms with E-state index in [0.29, 0.717) is 0 Å². The molecule has 0 saturated carbocycles. The molecule has 0 aliphatic carbocycles. The first-order valence-electron chi connectivity index (χ1n) is 6.84. The number of halogens is 2. The molecular weight excluding hydrogens is 324 g/mol. The molecule has 19 heavy (non-hydrogen) atoms. The Hall–Kier alpha value is -0.250. The third-order valence-corrected chi connectivity index (χ3v) is 4.70. The van der Waals surface area contributed by atoms with Crippen molar-refractivity contribution in [2.45, 2.75) is 18.2 Å². The second kappa shape index (κ2) is 6.96. The maximum absolute atomic E-state index is 6.39. The molecule has 0 radical (unpaired) electrons. The zero-order chi connectivity index (χ0) is 13.8. The Balaban J connectivity index is 1.97. The van der Waals surface area contributed by atoms with Crippen molar-refractivity contribution >= 4 is 33.2 Å². The Kier molecular flexibility index (Phi) is 5.55. The fraction of sp³-hybridized carbons (Fsp3) is 0.600. The molecule has 0 unspecified atom stereocenters. The van der Waals surface area contributed by atoms with E-state index in [9.17, 15) is 0 Å². The predicted molar refractivity (Wildman–Crippen MR) is 87.6 cm³/mol. The highest BCUT2D eigenvalue weighted by Crippen LogP contribution is 2.31. The van der Waals surface area contributed by atoms with Crippen LogP contribution < -0.4 is 4.90 Å². The van der Waals surface area contributed by atoms with Gasteiger partial charge >= 0.3 is 0 Å². The van der Waals surface area contributed by atoms with Crippen molar-refractivity contribution in [1.82, 2.24) is 4.90 Å². The van der Waals surface area contributed by atoms with Crippen molar-refractivity contribution in [1.29, 1.82) is 0 Å². The monoisotopic (exact) mass is 344 g/mol. The Morgan fingerprint density at radius 3 is 2.53 bits per heavy atom. The van der Waals surface area contributed by atoms with Crippen LogP contribution in [0.2, 0.25) is 5.02 Å². The fourth-order valence-electron chi connectivity index (χ4n) is 2.76. The van der Waals surface area contributed by atoms with Gasteiger partial charge in [0.25, 0.3) is 0 Å². The third kappa shape index (κ3) is 4.11. The summed E-state index contributed by atoms with van der Waals surface area (Å²) in [5.41, 5.74) is 2.42. The molecule has 0 atom stereocenters. The summed E-state index contributed by atoms with van der Waals surface area (Å²) in [6.07, 6.45) is 2.52. The highest BCUT2D eigenvalue weighted by Gasteiger charge is 2.21. The molecule has 1 aliphatic heterocycles. The van der Waals surface area contributed by atoms with Gasteiger partial charge in [0.2, 0.25) is 0 Å². The van der Waals surface area contributed by atoms with Crippen molar-refractivity contribution in [2.75, 3.05) is 38.6 Å². The van der Waals surface area contributed by atoms with E-state index in [4.69, 9.17) is 11.6 Å². The molecule has 1 saturated heterocycles. The summed E-state index contributed by atoms with van der Waals surface area (Å²) in [5.74, 6) is 0.826. The van der Waals surface area contributed by atoms with Crippen LogP contribution in [0.15, 0.2) is 18.2 Å². The number of nitrogens with zero attached hydrogens (tertiary/aromatic N) is 2. The van der Waals surface area contributed by atoms with Gasteiger partial charge in [0.05, 0.1) is 10.7 Å². The van der Waals surface area contributed by atoms with Crippen LogP contribution in [0.4, 0.5) is 5.69 Å². The van der Waals surface area contributed by atoms with Gasteiger partial charge in [-0.15, -0.1) is 0 Å². The quantitative estimate of drug-likeness (QED) is 0.761. The molecule has 1 aromatic rings. The van der Waals surface area contributed by atoms with E-state index < -0.39 is 0 Å². The van der Waals surface area contributed by atoms with E-state index in [2.05, 4.69) is 58.0 Å². The molecule has 0 aromatic heterocycles. The Labute approximate surface area is 129 Å². The van der Waals surface area contributed by atoms with Crippen LogP contribution in [0.1, 0.15) is 18.4 Å². The normalized spacial score (nSPS) is 17.2. The summed E-state index contributed by atoms with van der Waals surface area (Å²) in [6, 6.07) is 6.38. The van der Waals surface area contributed by atoms with Crippen LogP contribution in [-0.4, -0.2) is 38.6 Å². The fourth-order valence-corrected chi connectivity index (χ4v) is 3.43. The van der Waals surface area contributed by atoms with E-state index >= 15 is 0 Å². The van der Waals surface area contributed by atoms with Gasteiger partial charge in [-0.2, -0.15) is 0 Å². The van der Waals surface area contributed by atoms with E-state index in [1.807, 2.05) is 0 Å². The Bertz CT molecular complexity index is 415. The van der Waals surface area contributed by atoms with Gasteiger partial charge < -0.3 is 9.80 Å². The van der Waals surface area contributed by atoms with Crippen molar-refractivity contribution in [3.8, 4) is 0 Å². The van der Waals surface area contributed by atoms with Crippen LogP contribution in [0.3, 0.4) is 0 Å². The van der Waals surface area contributed by atoms with E-state index in [0.717, 1.165) is 29.4 Å². The summed E-state index contributed by atoms with van der Waals surface area (Å²) in [7, 11) is 4.31. The molecule has 0 bridgehead atoms. The minimum Gasteiger partial charge on any atom is -0.370 e. The average molecular weight is 346 g/mol. The topological polar surface area (TPSA) is 6.48 Å². The number of hydrogen-bond donors (Lipinski definition) is 0. The molecule has 0 N–H and O–H groups in total. The summed E-state index contributed by atoms with van der Waals surface area (Å²) in [5, 5.41) is 1.74.